The van der Waals surface area contributed by atoms with E-state index in [0.717, 1.165) is 0 Å². The van der Waals surface area contributed by atoms with Crippen molar-refractivity contribution in [1.29, 1.82) is 0 Å². The number of rotatable bonds is 3. The van der Waals surface area contributed by atoms with E-state index in [-0.39, 0.29) is 0 Å². The molecule has 1 nitrogen and oxygen atoms in total. The van der Waals surface area contributed by atoms with Gasteiger partial charge in [0.05, 0.1) is 0 Å². The van der Waals surface area contributed by atoms with Gasteiger partial charge < -0.3 is 4.79 Å². The average Bonchev–Trinajstić information content (AvgIpc) is 2.76. The van der Waals surface area contributed by atoms with Gasteiger partial charge in [-0.15, -0.1) is 0 Å². The minimum absolute atomic E-state index is 0.667. The summed E-state index contributed by atoms with van der Waals surface area (Å²) in [4.78, 5) is 11.0. The van der Waals surface area contributed by atoms with Gasteiger partial charge in [-0.05, 0) is 37.5 Å². The third-order valence-electron chi connectivity index (χ3n) is 3.79. The first-order chi connectivity index (χ1) is 6.42. The molecule has 0 aromatic rings. The van der Waals surface area contributed by atoms with Crippen molar-refractivity contribution in [1.82, 2.24) is 0 Å². The largest absolute Gasteiger partial charge is 0.303 e. The minimum atomic E-state index is 0.667. The normalized spacial score (nSPS) is 25.9. The molecule has 0 heterocycles. The maximum Gasteiger partial charge on any atom is 0.127 e. The lowest BCUT2D eigenvalue weighted by Crippen LogP contribution is -2.18. The molecule has 2 saturated carbocycles. The van der Waals surface area contributed by atoms with Crippen LogP contribution >= 0.6 is 0 Å². The molecule has 2 aliphatic carbocycles. The van der Waals surface area contributed by atoms with E-state index in [1.54, 1.807) is 0 Å². The zero-order valence-corrected chi connectivity index (χ0v) is 8.30. The van der Waals surface area contributed by atoms with Gasteiger partial charge in [0.1, 0.15) is 6.29 Å². The fourth-order valence-corrected chi connectivity index (χ4v) is 3.04. The van der Waals surface area contributed by atoms with Gasteiger partial charge in [-0.25, -0.2) is 0 Å². The molecule has 1 radical (unpaired) electrons. The van der Waals surface area contributed by atoms with Crippen LogP contribution in [0.4, 0.5) is 0 Å². The van der Waals surface area contributed by atoms with Crippen molar-refractivity contribution in [3.8, 4) is 0 Å². The van der Waals surface area contributed by atoms with Crippen LogP contribution in [0.1, 0.15) is 51.4 Å². The fraction of sp³-hybridized carbons (Fsp3) is 0.833. The first-order valence-electron chi connectivity index (χ1n) is 5.73. The zero-order valence-electron chi connectivity index (χ0n) is 8.30. The van der Waals surface area contributed by atoms with E-state index in [4.69, 9.17) is 0 Å². The number of carbonyl (C=O) groups is 1. The highest BCUT2D eigenvalue weighted by atomic mass is 16.1. The molecular weight excluding hydrogens is 160 g/mol. The predicted molar refractivity (Wildman–Crippen MR) is 53.2 cm³/mol. The molecular formula is C12H19O. The monoisotopic (exact) mass is 179 g/mol. The Labute approximate surface area is 80.9 Å². The van der Waals surface area contributed by atoms with Crippen LogP contribution in [-0.2, 0) is 4.79 Å². The van der Waals surface area contributed by atoms with E-state index in [2.05, 4.69) is 0 Å². The van der Waals surface area contributed by atoms with E-state index in [1.165, 1.54) is 63.6 Å². The molecule has 0 saturated heterocycles. The smallest absolute Gasteiger partial charge is 0.127 e. The Morgan fingerprint density at radius 3 is 1.54 bits per heavy atom. The molecule has 0 aliphatic heterocycles. The Morgan fingerprint density at radius 2 is 1.23 bits per heavy atom. The maximum absolute atomic E-state index is 11.0. The summed E-state index contributed by atoms with van der Waals surface area (Å²) in [5, 5.41) is 0. The summed E-state index contributed by atoms with van der Waals surface area (Å²) in [5.41, 5.74) is 0. The Bertz CT molecular complexity index is 148. The van der Waals surface area contributed by atoms with Gasteiger partial charge in [0.15, 0.2) is 0 Å². The molecule has 0 bridgehead atoms. The van der Waals surface area contributed by atoms with E-state index in [1.807, 2.05) is 0 Å². The van der Waals surface area contributed by atoms with Crippen LogP contribution in [0.3, 0.4) is 0 Å². The van der Waals surface area contributed by atoms with Crippen molar-refractivity contribution in [2.45, 2.75) is 51.4 Å². The second-order valence-electron chi connectivity index (χ2n) is 4.58. The molecule has 0 aromatic heterocycles. The van der Waals surface area contributed by atoms with Crippen molar-refractivity contribution in [2.75, 3.05) is 0 Å². The third kappa shape index (κ3) is 1.95. The molecule has 13 heavy (non-hydrogen) atoms. The molecule has 0 amide bonds. The lowest BCUT2D eigenvalue weighted by Gasteiger charge is -2.22. The van der Waals surface area contributed by atoms with E-state index < -0.39 is 0 Å². The molecule has 73 valence electrons. The Balaban J connectivity index is 1.94. The average molecular weight is 179 g/mol. The number of hydrogen-bond donors (Lipinski definition) is 0. The second kappa shape index (κ2) is 4.26. The van der Waals surface area contributed by atoms with Gasteiger partial charge in [0.2, 0.25) is 0 Å². The number of hydrogen-bond acceptors (Lipinski definition) is 1. The lowest BCUT2D eigenvalue weighted by atomic mass is 9.81. The minimum Gasteiger partial charge on any atom is -0.303 e. The summed E-state index contributed by atoms with van der Waals surface area (Å²) in [6.07, 6.45) is 11.7. The van der Waals surface area contributed by atoms with Gasteiger partial charge in [-0.1, -0.05) is 25.7 Å². The summed E-state index contributed by atoms with van der Waals surface area (Å²) in [5.74, 6) is 2.61. The third-order valence-corrected chi connectivity index (χ3v) is 3.79. The van der Waals surface area contributed by atoms with Gasteiger partial charge in [-0.3, -0.25) is 0 Å². The highest BCUT2D eigenvalue weighted by Crippen LogP contribution is 2.41. The molecule has 2 rings (SSSR count). The van der Waals surface area contributed by atoms with Crippen LogP contribution in [0.15, 0.2) is 0 Å². The summed E-state index contributed by atoms with van der Waals surface area (Å²) in [6.45, 7) is 0. The fourth-order valence-electron chi connectivity index (χ4n) is 3.04. The van der Waals surface area contributed by atoms with E-state index in [0.29, 0.717) is 11.8 Å². The van der Waals surface area contributed by atoms with Crippen LogP contribution in [0, 0.1) is 17.8 Å². The number of carbonyl (C=O) groups excluding carboxylic acids is 1. The standard InChI is InChI=1S/C12H19O/c13-9-12(10-5-1-2-6-10)11-7-3-4-8-11/h9-11H,1-8H2. The summed E-state index contributed by atoms with van der Waals surface area (Å²) >= 11 is 0. The Morgan fingerprint density at radius 1 is 0.846 bits per heavy atom. The predicted octanol–water partition coefficient (Wildman–Crippen LogP) is 3.14. The molecule has 0 atom stereocenters. The lowest BCUT2D eigenvalue weighted by molar-refractivity contribution is -0.107. The van der Waals surface area contributed by atoms with Crippen LogP contribution in [0.25, 0.3) is 0 Å². The maximum atomic E-state index is 11.0. The van der Waals surface area contributed by atoms with Crippen LogP contribution < -0.4 is 0 Å². The van der Waals surface area contributed by atoms with Crippen molar-refractivity contribution in [3.05, 3.63) is 5.92 Å². The molecule has 0 spiro atoms. The zero-order chi connectivity index (χ0) is 9.10. The molecule has 0 unspecified atom stereocenters. The van der Waals surface area contributed by atoms with Crippen LogP contribution in [0.5, 0.6) is 0 Å². The summed E-state index contributed by atoms with van der Waals surface area (Å²) < 4.78 is 0. The molecule has 2 fully saturated rings. The van der Waals surface area contributed by atoms with Gasteiger partial charge in [0, 0.05) is 5.92 Å². The highest BCUT2D eigenvalue weighted by molar-refractivity contribution is 5.70. The second-order valence-corrected chi connectivity index (χ2v) is 4.58. The van der Waals surface area contributed by atoms with Gasteiger partial charge in [0.25, 0.3) is 0 Å². The summed E-state index contributed by atoms with van der Waals surface area (Å²) in [6, 6.07) is 0. The van der Waals surface area contributed by atoms with E-state index in [9.17, 15) is 4.79 Å². The Hall–Kier alpha value is -0.330. The molecule has 0 aromatic carbocycles. The van der Waals surface area contributed by atoms with Crippen molar-refractivity contribution in [2.24, 2.45) is 11.8 Å². The SMILES string of the molecule is O=C[C](C1CCCC1)C1CCCC1. The van der Waals surface area contributed by atoms with Gasteiger partial charge >= 0.3 is 0 Å². The quantitative estimate of drug-likeness (QED) is 0.608. The van der Waals surface area contributed by atoms with Crippen molar-refractivity contribution < 1.29 is 4.79 Å². The number of aldehydes is 1. The van der Waals surface area contributed by atoms with Crippen LogP contribution in [-0.4, -0.2) is 6.29 Å². The molecule has 2 aliphatic rings. The highest BCUT2D eigenvalue weighted by Gasteiger charge is 2.33. The van der Waals surface area contributed by atoms with Gasteiger partial charge in [-0.2, -0.15) is 0 Å². The first kappa shape index (κ1) is 9.23. The first-order valence-corrected chi connectivity index (χ1v) is 5.73. The van der Waals surface area contributed by atoms with Crippen molar-refractivity contribution in [3.63, 3.8) is 0 Å². The topological polar surface area (TPSA) is 17.1 Å². The van der Waals surface area contributed by atoms with Crippen molar-refractivity contribution >= 4 is 6.29 Å². The van der Waals surface area contributed by atoms with E-state index >= 15 is 0 Å². The molecule has 0 N–H and O–H groups in total. The molecule has 1 heteroatoms. The summed E-state index contributed by atoms with van der Waals surface area (Å²) in [7, 11) is 0. The Kier molecular flexibility index (Phi) is 3.02. The van der Waals surface area contributed by atoms with Crippen LogP contribution in [0.2, 0.25) is 0 Å².